The summed E-state index contributed by atoms with van der Waals surface area (Å²) in [6.45, 7) is 0. The predicted molar refractivity (Wildman–Crippen MR) is 99.2 cm³/mol. The third-order valence-electron chi connectivity index (χ3n) is 4.36. The summed E-state index contributed by atoms with van der Waals surface area (Å²) in [6.07, 6.45) is 0. The van der Waals surface area contributed by atoms with Crippen LogP contribution < -0.4 is 9.47 Å². The standard InChI is InChI=1S/C21H18N2O2/c1-24-16-10-6-14(7-11-16)20-18-4-3-5-19(18)21(23-22-20)15-8-12-17(25-2)13-9-15/h3-13,22H,1-2H3. The van der Waals surface area contributed by atoms with Crippen LogP contribution in [0.3, 0.4) is 0 Å². The van der Waals surface area contributed by atoms with Crippen LogP contribution in [0, 0.1) is 0 Å². The van der Waals surface area contributed by atoms with Gasteiger partial charge in [0, 0.05) is 22.3 Å². The van der Waals surface area contributed by atoms with E-state index < -0.39 is 0 Å². The molecule has 1 heterocycles. The molecule has 0 spiro atoms. The van der Waals surface area contributed by atoms with E-state index in [4.69, 9.17) is 9.47 Å². The number of ether oxygens (including phenoxy) is 2. The molecule has 1 aliphatic carbocycles. The fraction of sp³-hybridized carbons (Fsp3) is 0.0952. The van der Waals surface area contributed by atoms with Gasteiger partial charge in [-0.25, -0.2) is 0 Å². The summed E-state index contributed by atoms with van der Waals surface area (Å²) in [7, 11) is 3.34. The molecule has 0 bridgehead atoms. The fourth-order valence-corrected chi connectivity index (χ4v) is 3.02. The molecule has 0 radical (unpaired) electrons. The number of rotatable bonds is 4. The second kappa shape index (κ2) is 6.32. The molecule has 0 unspecified atom stereocenters. The SMILES string of the molecule is COc1ccc(-c2n[nH]c(-c3ccc(OC)cc3)c3cccc2-3)cc1. The molecule has 4 rings (SSSR count). The molecule has 2 aliphatic rings. The lowest BCUT2D eigenvalue weighted by atomic mass is 9.98. The predicted octanol–water partition coefficient (Wildman–Crippen LogP) is 4.87. The van der Waals surface area contributed by atoms with E-state index in [0.717, 1.165) is 45.1 Å². The molecule has 4 heteroatoms. The minimum Gasteiger partial charge on any atom is -0.497 e. The van der Waals surface area contributed by atoms with Crippen molar-refractivity contribution in [3.63, 3.8) is 0 Å². The number of hydrogen-bond donors (Lipinski definition) is 1. The molecule has 0 fully saturated rings. The van der Waals surface area contributed by atoms with Crippen molar-refractivity contribution >= 4 is 0 Å². The summed E-state index contributed by atoms with van der Waals surface area (Å²) < 4.78 is 10.5. The number of H-pyrrole nitrogens is 1. The minimum atomic E-state index is 0.835. The molecule has 1 N–H and O–H groups in total. The minimum absolute atomic E-state index is 0.835. The topological polar surface area (TPSA) is 47.1 Å². The Bertz CT molecular complexity index is 878. The lowest BCUT2D eigenvalue weighted by Gasteiger charge is -2.13. The quantitative estimate of drug-likeness (QED) is 0.581. The molecule has 0 amide bonds. The monoisotopic (exact) mass is 330 g/mol. The Kier molecular flexibility index (Phi) is 3.86. The average molecular weight is 330 g/mol. The lowest BCUT2D eigenvalue weighted by Crippen LogP contribution is -1.97. The highest BCUT2D eigenvalue weighted by atomic mass is 16.5. The summed E-state index contributed by atoms with van der Waals surface area (Å²) in [5.74, 6) is 1.67. The number of fused-ring (bicyclic) bond motifs is 1. The first kappa shape index (κ1) is 15.3. The molecule has 2 aromatic carbocycles. The smallest absolute Gasteiger partial charge is 0.118 e. The first-order valence-electron chi connectivity index (χ1n) is 8.06. The Morgan fingerprint density at radius 2 is 1.24 bits per heavy atom. The zero-order valence-corrected chi connectivity index (χ0v) is 14.1. The van der Waals surface area contributed by atoms with Gasteiger partial charge in [0.2, 0.25) is 0 Å². The first-order chi connectivity index (χ1) is 12.3. The number of methoxy groups -OCH3 is 2. The Hall–Kier alpha value is -3.27. The average Bonchev–Trinajstić information content (AvgIpc) is 3.17. The lowest BCUT2D eigenvalue weighted by molar-refractivity contribution is 0.414. The van der Waals surface area contributed by atoms with Crippen LogP contribution in [0.2, 0.25) is 0 Å². The number of aromatic nitrogens is 2. The van der Waals surface area contributed by atoms with Crippen LogP contribution in [0.25, 0.3) is 33.6 Å². The van der Waals surface area contributed by atoms with E-state index in [1.54, 1.807) is 14.2 Å². The number of nitrogens with one attached hydrogen (secondary N) is 1. The number of nitrogens with zero attached hydrogens (tertiary/aromatic N) is 1. The van der Waals surface area contributed by atoms with Crippen molar-refractivity contribution in [1.29, 1.82) is 0 Å². The number of hydrogen-bond acceptors (Lipinski definition) is 3. The van der Waals surface area contributed by atoms with Crippen molar-refractivity contribution in [2.24, 2.45) is 0 Å². The molecular weight excluding hydrogens is 312 g/mol. The molecular formula is C21H18N2O2. The maximum absolute atomic E-state index is 5.24. The number of aromatic amines is 1. The van der Waals surface area contributed by atoms with Crippen molar-refractivity contribution in [3.05, 3.63) is 66.7 Å². The van der Waals surface area contributed by atoms with Crippen molar-refractivity contribution in [1.82, 2.24) is 10.2 Å². The van der Waals surface area contributed by atoms with Gasteiger partial charge >= 0.3 is 0 Å². The molecule has 0 saturated heterocycles. The first-order valence-corrected chi connectivity index (χ1v) is 8.06. The van der Waals surface area contributed by atoms with Gasteiger partial charge in [0.15, 0.2) is 0 Å². The summed E-state index contributed by atoms with van der Waals surface area (Å²) in [6, 6.07) is 22.2. The Morgan fingerprint density at radius 1 is 0.680 bits per heavy atom. The zero-order chi connectivity index (χ0) is 17.2. The molecule has 1 aliphatic heterocycles. The maximum atomic E-state index is 5.24. The normalized spacial score (nSPS) is 10.8. The highest BCUT2D eigenvalue weighted by Gasteiger charge is 2.17. The molecule has 2 aromatic rings. The van der Waals surface area contributed by atoms with E-state index >= 15 is 0 Å². The van der Waals surface area contributed by atoms with Crippen LogP contribution in [0.1, 0.15) is 0 Å². The maximum Gasteiger partial charge on any atom is 0.118 e. The van der Waals surface area contributed by atoms with E-state index in [-0.39, 0.29) is 0 Å². The third kappa shape index (κ3) is 2.72. The van der Waals surface area contributed by atoms with Gasteiger partial charge in [-0.15, -0.1) is 0 Å². The van der Waals surface area contributed by atoms with E-state index in [9.17, 15) is 0 Å². The van der Waals surface area contributed by atoms with Gasteiger partial charge in [-0.05, 0) is 48.5 Å². The van der Waals surface area contributed by atoms with E-state index in [1.165, 1.54) is 0 Å². The van der Waals surface area contributed by atoms with E-state index in [1.807, 2.05) is 48.5 Å². The second-order valence-corrected chi connectivity index (χ2v) is 5.76. The van der Waals surface area contributed by atoms with Gasteiger partial charge in [-0.2, -0.15) is 5.10 Å². The highest BCUT2D eigenvalue weighted by molar-refractivity contribution is 5.90. The largest absolute Gasteiger partial charge is 0.497 e. The van der Waals surface area contributed by atoms with Gasteiger partial charge < -0.3 is 9.47 Å². The Morgan fingerprint density at radius 3 is 1.84 bits per heavy atom. The third-order valence-corrected chi connectivity index (χ3v) is 4.36. The van der Waals surface area contributed by atoms with Gasteiger partial charge in [0.05, 0.1) is 25.6 Å². The van der Waals surface area contributed by atoms with Crippen LogP contribution >= 0.6 is 0 Å². The molecule has 25 heavy (non-hydrogen) atoms. The van der Waals surface area contributed by atoms with Crippen molar-refractivity contribution in [2.45, 2.75) is 0 Å². The van der Waals surface area contributed by atoms with Gasteiger partial charge in [0.1, 0.15) is 11.5 Å². The summed E-state index contributed by atoms with van der Waals surface area (Å²) in [5, 5.41) is 7.85. The van der Waals surface area contributed by atoms with Crippen LogP contribution in [0.5, 0.6) is 11.5 Å². The van der Waals surface area contributed by atoms with Gasteiger partial charge in [-0.1, -0.05) is 18.2 Å². The molecule has 0 aromatic heterocycles. The van der Waals surface area contributed by atoms with Crippen LogP contribution in [-0.2, 0) is 0 Å². The van der Waals surface area contributed by atoms with E-state index in [0.29, 0.717) is 0 Å². The summed E-state index contributed by atoms with van der Waals surface area (Å²) in [5.41, 5.74) is 6.32. The number of benzene rings is 2. The van der Waals surface area contributed by atoms with Crippen molar-refractivity contribution in [2.75, 3.05) is 14.2 Å². The second-order valence-electron chi connectivity index (χ2n) is 5.76. The molecule has 124 valence electrons. The van der Waals surface area contributed by atoms with Crippen LogP contribution in [-0.4, -0.2) is 24.4 Å². The highest BCUT2D eigenvalue weighted by Crippen LogP contribution is 2.38. The Labute approximate surface area is 146 Å². The molecule has 4 nitrogen and oxygen atoms in total. The summed E-state index contributed by atoms with van der Waals surface area (Å²) in [4.78, 5) is 0. The van der Waals surface area contributed by atoms with Gasteiger partial charge in [-0.3, -0.25) is 5.10 Å². The Balaban J connectivity index is 1.80. The summed E-state index contributed by atoms with van der Waals surface area (Å²) >= 11 is 0. The fourth-order valence-electron chi connectivity index (χ4n) is 3.02. The van der Waals surface area contributed by atoms with Crippen LogP contribution in [0.15, 0.2) is 66.7 Å². The van der Waals surface area contributed by atoms with Crippen LogP contribution in [0.4, 0.5) is 0 Å². The van der Waals surface area contributed by atoms with Crippen molar-refractivity contribution in [3.8, 4) is 45.1 Å². The molecule has 0 saturated carbocycles. The van der Waals surface area contributed by atoms with Crippen molar-refractivity contribution < 1.29 is 9.47 Å². The zero-order valence-electron chi connectivity index (χ0n) is 14.1. The van der Waals surface area contributed by atoms with E-state index in [2.05, 4.69) is 28.4 Å². The van der Waals surface area contributed by atoms with Gasteiger partial charge in [0.25, 0.3) is 0 Å². The molecule has 0 atom stereocenters.